The molecule has 3 heterocycles. The fourth-order valence-corrected chi connectivity index (χ4v) is 6.20. The van der Waals surface area contributed by atoms with Crippen molar-refractivity contribution in [3.63, 3.8) is 0 Å². The number of nitrogens with zero attached hydrogens (tertiary/aromatic N) is 3. The lowest BCUT2D eigenvalue weighted by Crippen LogP contribution is -2.64. The van der Waals surface area contributed by atoms with Gasteiger partial charge in [-0.1, -0.05) is 37.8 Å². The highest BCUT2D eigenvalue weighted by molar-refractivity contribution is 6.09. The average Bonchev–Trinajstić information content (AvgIpc) is 3.45. The van der Waals surface area contributed by atoms with Crippen LogP contribution in [0.1, 0.15) is 61.5 Å². The molecule has 2 amide bonds. The van der Waals surface area contributed by atoms with E-state index in [1.807, 2.05) is 29.1 Å². The molecule has 39 heavy (non-hydrogen) atoms. The topological polar surface area (TPSA) is 59.3 Å². The van der Waals surface area contributed by atoms with Crippen molar-refractivity contribution in [2.24, 2.45) is 0 Å². The van der Waals surface area contributed by atoms with Crippen molar-refractivity contribution in [3.05, 3.63) is 89.9 Å². The van der Waals surface area contributed by atoms with Crippen LogP contribution in [0, 0.1) is 11.6 Å². The number of benzene rings is 2. The van der Waals surface area contributed by atoms with Gasteiger partial charge in [0.1, 0.15) is 22.9 Å². The molecule has 6 nitrogen and oxygen atoms in total. The van der Waals surface area contributed by atoms with E-state index in [0.717, 1.165) is 38.5 Å². The molecule has 0 radical (unpaired) electrons. The Morgan fingerprint density at radius 3 is 2.41 bits per heavy atom. The molecule has 0 bridgehead atoms. The largest absolute Gasteiger partial charge is 0.351 e. The summed E-state index contributed by atoms with van der Waals surface area (Å²) in [6, 6.07) is 14.3. The molecule has 2 aromatic heterocycles. The van der Waals surface area contributed by atoms with Crippen molar-refractivity contribution in [1.29, 1.82) is 0 Å². The quantitative estimate of drug-likeness (QED) is 0.324. The van der Waals surface area contributed by atoms with Crippen LogP contribution in [0.4, 0.5) is 8.78 Å². The number of fused-ring (bicyclic) bond motifs is 3. The SMILES string of the molecule is CC1(C(=O)NC2CCCCCC2)Cn2c(c(-n3cccc3)c3cc(F)ccc32)C(=O)N1Cc1cccc(F)c1. The van der Waals surface area contributed by atoms with Gasteiger partial charge >= 0.3 is 0 Å². The predicted molar refractivity (Wildman–Crippen MR) is 146 cm³/mol. The van der Waals surface area contributed by atoms with Crippen LogP contribution in [0.25, 0.3) is 16.6 Å². The predicted octanol–water partition coefficient (Wildman–Crippen LogP) is 5.96. The third-order valence-electron chi connectivity index (χ3n) is 8.28. The highest BCUT2D eigenvalue weighted by Gasteiger charge is 2.49. The monoisotopic (exact) mass is 530 g/mol. The Bertz CT molecular complexity index is 1540. The van der Waals surface area contributed by atoms with E-state index in [1.165, 1.54) is 24.3 Å². The van der Waals surface area contributed by atoms with Gasteiger partial charge in [0.05, 0.1) is 17.7 Å². The highest BCUT2D eigenvalue weighted by Crippen LogP contribution is 2.39. The maximum absolute atomic E-state index is 14.5. The fraction of sp³-hybridized carbons (Fsp3) is 0.355. The van der Waals surface area contributed by atoms with Gasteiger partial charge in [0.25, 0.3) is 5.91 Å². The Hall–Kier alpha value is -3.94. The third-order valence-corrected chi connectivity index (χ3v) is 8.28. The van der Waals surface area contributed by atoms with Crippen LogP contribution in [0.2, 0.25) is 0 Å². The zero-order chi connectivity index (χ0) is 27.1. The molecule has 2 aromatic carbocycles. The Kier molecular flexibility index (Phi) is 6.49. The number of carbonyl (C=O) groups is 2. The summed E-state index contributed by atoms with van der Waals surface area (Å²) >= 11 is 0. The Labute approximate surface area is 226 Å². The Morgan fingerprint density at radius 2 is 1.69 bits per heavy atom. The summed E-state index contributed by atoms with van der Waals surface area (Å²) in [4.78, 5) is 30.1. The molecule has 6 rings (SSSR count). The van der Waals surface area contributed by atoms with Gasteiger partial charge in [-0.3, -0.25) is 9.59 Å². The first-order valence-corrected chi connectivity index (χ1v) is 13.7. The van der Waals surface area contributed by atoms with Gasteiger partial charge in [-0.15, -0.1) is 0 Å². The standard InChI is InChI=1S/C31H32F2N4O2/c1-31(30(39)34-24-11-4-2-3-5-12-24)20-36-26-14-13-23(33)18-25(26)27(35-15-6-7-16-35)28(36)29(38)37(31)19-21-9-8-10-22(32)17-21/h6-10,13-18,24H,2-5,11-12,19-20H2,1H3,(H,34,39). The first-order valence-electron chi connectivity index (χ1n) is 13.7. The molecule has 1 aliphatic heterocycles. The molecule has 8 heteroatoms. The zero-order valence-electron chi connectivity index (χ0n) is 22.0. The Balaban J connectivity index is 1.50. The number of nitrogens with one attached hydrogen (secondary N) is 1. The smallest absolute Gasteiger partial charge is 0.273 e. The van der Waals surface area contributed by atoms with E-state index in [9.17, 15) is 18.4 Å². The number of carbonyl (C=O) groups excluding carboxylic acids is 2. The lowest BCUT2D eigenvalue weighted by Gasteiger charge is -2.45. The maximum atomic E-state index is 14.5. The average molecular weight is 531 g/mol. The zero-order valence-corrected chi connectivity index (χ0v) is 22.0. The molecule has 4 aromatic rings. The molecule has 1 N–H and O–H groups in total. The summed E-state index contributed by atoms with van der Waals surface area (Å²) in [6.45, 7) is 2.03. The van der Waals surface area contributed by atoms with Gasteiger partial charge in [0.2, 0.25) is 5.91 Å². The van der Waals surface area contributed by atoms with E-state index < -0.39 is 17.2 Å². The number of amides is 2. The van der Waals surface area contributed by atoms with Crippen LogP contribution in [0.3, 0.4) is 0 Å². The van der Waals surface area contributed by atoms with Crippen molar-refractivity contribution in [2.75, 3.05) is 0 Å². The summed E-state index contributed by atoms with van der Waals surface area (Å²) in [5, 5.41) is 3.85. The van der Waals surface area contributed by atoms with Crippen LogP contribution in [-0.4, -0.2) is 37.4 Å². The number of hydrogen-bond donors (Lipinski definition) is 1. The molecular formula is C31H32F2N4O2. The number of aromatic nitrogens is 2. The number of rotatable bonds is 5. The molecule has 1 fully saturated rings. The highest BCUT2D eigenvalue weighted by atomic mass is 19.1. The van der Waals surface area contributed by atoms with E-state index in [-0.39, 0.29) is 30.9 Å². The van der Waals surface area contributed by atoms with Gasteiger partial charge in [0.15, 0.2) is 0 Å². The fourth-order valence-electron chi connectivity index (χ4n) is 6.20. The van der Waals surface area contributed by atoms with E-state index in [0.29, 0.717) is 27.8 Å². The number of halogens is 2. The van der Waals surface area contributed by atoms with Crippen molar-refractivity contribution in [1.82, 2.24) is 19.4 Å². The molecule has 1 atom stereocenters. The van der Waals surface area contributed by atoms with Crippen LogP contribution in [0.15, 0.2) is 67.0 Å². The summed E-state index contributed by atoms with van der Waals surface area (Å²) in [7, 11) is 0. The van der Waals surface area contributed by atoms with E-state index in [4.69, 9.17) is 0 Å². The first kappa shape index (κ1) is 25.3. The van der Waals surface area contributed by atoms with Crippen LogP contribution in [0.5, 0.6) is 0 Å². The molecule has 1 aliphatic carbocycles. The normalized spacial score (nSPS) is 20.2. The molecule has 1 saturated carbocycles. The second-order valence-electron chi connectivity index (χ2n) is 11.0. The van der Waals surface area contributed by atoms with Gasteiger partial charge in [0, 0.05) is 30.4 Å². The van der Waals surface area contributed by atoms with Crippen LogP contribution < -0.4 is 5.32 Å². The minimum atomic E-state index is -1.25. The van der Waals surface area contributed by atoms with Crippen molar-refractivity contribution in [2.45, 2.75) is 70.1 Å². The minimum absolute atomic E-state index is 0.0512. The molecule has 0 spiro atoms. The number of hydrogen-bond acceptors (Lipinski definition) is 2. The summed E-state index contributed by atoms with van der Waals surface area (Å²) in [6.07, 6.45) is 9.89. The van der Waals surface area contributed by atoms with Gasteiger partial charge in [-0.2, -0.15) is 0 Å². The van der Waals surface area contributed by atoms with Crippen molar-refractivity contribution >= 4 is 22.7 Å². The second-order valence-corrected chi connectivity index (χ2v) is 11.0. The molecule has 0 saturated heterocycles. The first-order chi connectivity index (χ1) is 18.8. The van der Waals surface area contributed by atoms with Gasteiger partial charge in [-0.25, -0.2) is 8.78 Å². The van der Waals surface area contributed by atoms with Gasteiger partial charge < -0.3 is 19.4 Å². The van der Waals surface area contributed by atoms with E-state index in [2.05, 4.69) is 5.32 Å². The third kappa shape index (κ3) is 4.51. The summed E-state index contributed by atoms with van der Waals surface area (Å²) in [5.74, 6) is -1.39. The lowest BCUT2D eigenvalue weighted by atomic mass is 9.92. The maximum Gasteiger partial charge on any atom is 0.273 e. The van der Waals surface area contributed by atoms with E-state index >= 15 is 0 Å². The van der Waals surface area contributed by atoms with E-state index in [1.54, 1.807) is 34.6 Å². The van der Waals surface area contributed by atoms with Crippen LogP contribution in [-0.2, 0) is 17.9 Å². The molecule has 2 aliphatic rings. The van der Waals surface area contributed by atoms with Crippen molar-refractivity contribution < 1.29 is 18.4 Å². The van der Waals surface area contributed by atoms with Crippen molar-refractivity contribution in [3.8, 4) is 5.69 Å². The minimum Gasteiger partial charge on any atom is -0.351 e. The summed E-state index contributed by atoms with van der Waals surface area (Å²) in [5.41, 5.74) is 0.965. The molecule has 1 unspecified atom stereocenters. The molecular weight excluding hydrogens is 498 g/mol. The lowest BCUT2D eigenvalue weighted by molar-refractivity contribution is -0.134. The van der Waals surface area contributed by atoms with Gasteiger partial charge in [-0.05, 0) is 67.8 Å². The summed E-state index contributed by atoms with van der Waals surface area (Å²) < 4.78 is 32.3. The molecule has 202 valence electrons. The van der Waals surface area contributed by atoms with Crippen LogP contribution >= 0.6 is 0 Å². The Morgan fingerprint density at radius 1 is 0.974 bits per heavy atom. The second kappa shape index (κ2) is 9.98.